The zero-order valence-corrected chi connectivity index (χ0v) is 18.3. The van der Waals surface area contributed by atoms with Crippen LogP contribution in [0.25, 0.3) is 6.08 Å². The third kappa shape index (κ3) is 5.45. The number of carbonyl (C=O) groups excluding carboxylic acids is 2. The van der Waals surface area contributed by atoms with Gasteiger partial charge in [0, 0.05) is 10.4 Å². The number of aryl methyl sites for hydroxylation is 2. The molecule has 1 heterocycles. The fourth-order valence-corrected chi connectivity index (χ4v) is 3.80. The Labute approximate surface area is 181 Å². The molecule has 0 fully saturated rings. The van der Waals surface area contributed by atoms with Gasteiger partial charge in [0.15, 0.2) is 0 Å². The van der Waals surface area contributed by atoms with E-state index in [1.807, 2.05) is 80.7 Å². The number of hydrogen-bond acceptors (Lipinski definition) is 3. The molecule has 0 saturated heterocycles. The summed E-state index contributed by atoms with van der Waals surface area (Å²) in [5, 5.41) is 7.82. The van der Waals surface area contributed by atoms with Crippen LogP contribution in [0.4, 0.5) is 0 Å². The molecule has 0 aliphatic heterocycles. The van der Waals surface area contributed by atoms with Crippen molar-refractivity contribution >= 4 is 29.2 Å². The predicted molar refractivity (Wildman–Crippen MR) is 123 cm³/mol. The molecule has 2 amide bonds. The predicted octanol–water partition coefficient (Wildman–Crippen LogP) is 5.40. The summed E-state index contributed by atoms with van der Waals surface area (Å²) in [4.78, 5) is 26.9. The fraction of sp³-hybridized carbons (Fsp3) is 0.200. The van der Waals surface area contributed by atoms with Crippen molar-refractivity contribution in [1.29, 1.82) is 0 Å². The van der Waals surface area contributed by atoms with E-state index in [4.69, 9.17) is 0 Å². The van der Waals surface area contributed by atoms with Gasteiger partial charge in [-0.25, -0.2) is 0 Å². The summed E-state index contributed by atoms with van der Waals surface area (Å²) in [7, 11) is 0. The molecule has 154 valence electrons. The van der Waals surface area contributed by atoms with Crippen molar-refractivity contribution in [2.45, 2.75) is 33.2 Å². The van der Waals surface area contributed by atoms with Gasteiger partial charge < -0.3 is 10.6 Å². The number of hydrogen-bond donors (Lipinski definition) is 2. The van der Waals surface area contributed by atoms with E-state index in [9.17, 15) is 9.59 Å². The van der Waals surface area contributed by atoms with Crippen molar-refractivity contribution < 1.29 is 9.59 Å². The quantitative estimate of drug-likeness (QED) is 0.505. The van der Waals surface area contributed by atoms with Crippen LogP contribution < -0.4 is 10.6 Å². The standard InChI is InChI=1S/C25H26N2O2S/c1-4-22(19-13-11-17(2)12-14-19)26-25(29)23(16-20-9-7-15-30-20)27-24(28)21-10-6-5-8-18(21)3/h5-16,22H,4H2,1-3H3,(H,26,29)(H,27,28)/b23-16-/t22-/m0/s1. The van der Waals surface area contributed by atoms with Crippen molar-refractivity contribution in [2.75, 3.05) is 0 Å². The largest absolute Gasteiger partial charge is 0.344 e. The molecule has 2 N–H and O–H groups in total. The Morgan fingerprint density at radius 1 is 1.00 bits per heavy atom. The van der Waals surface area contributed by atoms with Gasteiger partial charge in [-0.2, -0.15) is 0 Å². The molecule has 0 aliphatic rings. The van der Waals surface area contributed by atoms with E-state index in [0.717, 1.165) is 22.4 Å². The monoisotopic (exact) mass is 418 g/mol. The highest BCUT2D eigenvalue weighted by atomic mass is 32.1. The number of benzene rings is 2. The van der Waals surface area contributed by atoms with E-state index >= 15 is 0 Å². The van der Waals surface area contributed by atoms with E-state index in [1.165, 1.54) is 16.9 Å². The number of rotatable bonds is 7. The van der Waals surface area contributed by atoms with Crippen LogP contribution in [0, 0.1) is 13.8 Å². The second kappa shape index (κ2) is 10.0. The molecule has 1 atom stereocenters. The molecule has 1 aromatic heterocycles. The summed E-state index contributed by atoms with van der Waals surface area (Å²) in [6, 6.07) is 19.1. The lowest BCUT2D eigenvalue weighted by atomic mass is 10.0. The molecule has 3 aromatic rings. The summed E-state index contributed by atoms with van der Waals surface area (Å²) < 4.78 is 0. The number of nitrogens with one attached hydrogen (secondary N) is 2. The third-order valence-corrected chi connectivity index (χ3v) is 5.72. The number of carbonyl (C=O) groups is 2. The molecule has 0 bridgehead atoms. The molecule has 0 unspecified atom stereocenters. The van der Waals surface area contributed by atoms with Gasteiger partial charge in [-0.3, -0.25) is 9.59 Å². The van der Waals surface area contributed by atoms with Crippen LogP contribution in [0.1, 0.15) is 51.3 Å². The summed E-state index contributed by atoms with van der Waals surface area (Å²) in [6.45, 7) is 5.94. The topological polar surface area (TPSA) is 58.2 Å². The Bertz CT molecular complexity index is 1040. The molecule has 4 nitrogen and oxygen atoms in total. The maximum atomic E-state index is 13.1. The summed E-state index contributed by atoms with van der Waals surface area (Å²) in [6.07, 6.45) is 2.46. The van der Waals surface area contributed by atoms with E-state index in [0.29, 0.717) is 5.56 Å². The SMILES string of the molecule is CC[C@H](NC(=O)/C(=C/c1cccs1)NC(=O)c1ccccc1C)c1ccc(C)cc1. The summed E-state index contributed by atoms with van der Waals surface area (Å²) in [5.41, 5.74) is 3.85. The second-order valence-electron chi connectivity index (χ2n) is 7.19. The van der Waals surface area contributed by atoms with Crippen LogP contribution in [0.3, 0.4) is 0 Å². The number of thiophene rings is 1. The molecule has 0 saturated carbocycles. The minimum absolute atomic E-state index is 0.139. The highest BCUT2D eigenvalue weighted by Crippen LogP contribution is 2.19. The Kier molecular flexibility index (Phi) is 7.20. The molecule has 5 heteroatoms. The van der Waals surface area contributed by atoms with Gasteiger partial charge in [-0.15, -0.1) is 11.3 Å². The van der Waals surface area contributed by atoms with Crippen molar-refractivity contribution in [1.82, 2.24) is 10.6 Å². The molecule has 0 radical (unpaired) electrons. The van der Waals surface area contributed by atoms with Crippen LogP contribution in [-0.2, 0) is 4.79 Å². The van der Waals surface area contributed by atoms with Crippen molar-refractivity contribution in [3.05, 3.63) is 98.9 Å². The zero-order chi connectivity index (χ0) is 21.5. The van der Waals surface area contributed by atoms with Gasteiger partial charge in [0.25, 0.3) is 11.8 Å². The zero-order valence-electron chi connectivity index (χ0n) is 17.4. The highest BCUT2D eigenvalue weighted by Gasteiger charge is 2.19. The number of amides is 2. The lowest BCUT2D eigenvalue weighted by molar-refractivity contribution is -0.118. The van der Waals surface area contributed by atoms with Gasteiger partial charge in [0.2, 0.25) is 0 Å². The van der Waals surface area contributed by atoms with Crippen molar-refractivity contribution in [2.24, 2.45) is 0 Å². The van der Waals surface area contributed by atoms with Gasteiger partial charge in [-0.05, 0) is 55.0 Å². The molecule has 30 heavy (non-hydrogen) atoms. The van der Waals surface area contributed by atoms with Crippen LogP contribution in [0.2, 0.25) is 0 Å². The normalized spacial score (nSPS) is 12.3. The first-order valence-electron chi connectivity index (χ1n) is 9.97. The minimum Gasteiger partial charge on any atom is -0.344 e. The minimum atomic E-state index is -0.308. The van der Waals surface area contributed by atoms with Gasteiger partial charge in [0.05, 0.1) is 6.04 Å². The van der Waals surface area contributed by atoms with E-state index < -0.39 is 0 Å². The highest BCUT2D eigenvalue weighted by molar-refractivity contribution is 7.10. The average molecular weight is 419 g/mol. The summed E-state index contributed by atoms with van der Waals surface area (Å²) in [5.74, 6) is -0.604. The van der Waals surface area contributed by atoms with Crippen LogP contribution >= 0.6 is 11.3 Å². The Hall–Kier alpha value is -3.18. The lowest BCUT2D eigenvalue weighted by Gasteiger charge is -2.19. The maximum Gasteiger partial charge on any atom is 0.268 e. The first-order valence-corrected chi connectivity index (χ1v) is 10.9. The lowest BCUT2D eigenvalue weighted by Crippen LogP contribution is -2.37. The van der Waals surface area contributed by atoms with Crippen LogP contribution in [-0.4, -0.2) is 11.8 Å². The fourth-order valence-electron chi connectivity index (χ4n) is 3.15. The van der Waals surface area contributed by atoms with Crippen LogP contribution in [0.5, 0.6) is 0 Å². The molecular formula is C25H26N2O2S. The Morgan fingerprint density at radius 2 is 1.73 bits per heavy atom. The van der Waals surface area contributed by atoms with E-state index in [2.05, 4.69) is 10.6 Å². The van der Waals surface area contributed by atoms with Gasteiger partial charge in [0.1, 0.15) is 5.70 Å². The van der Waals surface area contributed by atoms with Gasteiger partial charge >= 0.3 is 0 Å². The van der Waals surface area contributed by atoms with Gasteiger partial charge in [-0.1, -0.05) is 61.0 Å². The van der Waals surface area contributed by atoms with Crippen molar-refractivity contribution in [3.8, 4) is 0 Å². The maximum absolute atomic E-state index is 13.1. The first-order chi connectivity index (χ1) is 14.5. The molecule has 3 rings (SSSR count). The first kappa shape index (κ1) is 21.5. The van der Waals surface area contributed by atoms with E-state index in [-0.39, 0.29) is 23.6 Å². The smallest absolute Gasteiger partial charge is 0.268 e. The molecule has 0 aliphatic carbocycles. The summed E-state index contributed by atoms with van der Waals surface area (Å²) >= 11 is 1.51. The Morgan fingerprint density at radius 3 is 2.37 bits per heavy atom. The molecular weight excluding hydrogens is 392 g/mol. The third-order valence-electron chi connectivity index (χ3n) is 4.91. The molecule has 0 spiro atoms. The average Bonchev–Trinajstić information content (AvgIpc) is 3.25. The molecule has 2 aromatic carbocycles. The van der Waals surface area contributed by atoms with E-state index in [1.54, 1.807) is 12.1 Å². The Balaban J connectivity index is 1.84. The van der Waals surface area contributed by atoms with Crippen molar-refractivity contribution in [3.63, 3.8) is 0 Å². The van der Waals surface area contributed by atoms with Crippen LogP contribution in [0.15, 0.2) is 71.7 Å². The second-order valence-corrected chi connectivity index (χ2v) is 8.17.